The fourth-order valence-electron chi connectivity index (χ4n) is 1.28. The number of nitrogens with one attached hydrogen (secondary N) is 1. The molecule has 1 aliphatic carbocycles. The van der Waals surface area contributed by atoms with E-state index >= 15 is 0 Å². The van der Waals surface area contributed by atoms with E-state index in [9.17, 15) is 0 Å². The third kappa shape index (κ3) is 1.45. The van der Waals surface area contributed by atoms with Gasteiger partial charge in [0.15, 0.2) is 0 Å². The van der Waals surface area contributed by atoms with Crippen molar-refractivity contribution in [3.05, 3.63) is 21.1 Å². The predicted octanol–water partition coefficient (Wildman–Crippen LogP) is 3.03. The van der Waals surface area contributed by atoms with Crippen LogP contribution in [0.2, 0.25) is 0 Å². The van der Waals surface area contributed by atoms with Crippen molar-refractivity contribution in [2.24, 2.45) is 5.92 Å². The van der Waals surface area contributed by atoms with Crippen LogP contribution < -0.4 is 0 Å². The van der Waals surface area contributed by atoms with Crippen LogP contribution in [0.4, 0.5) is 0 Å². The first kappa shape index (κ1) is 8.38. The molecule has 12 heavy (non-hydrogen) atoms. The first-order valence-corrected chi connectivity index (χ1v) is 5.13. The third-order valence-electron chi connectivity index (χ3n) is 2.24. The highest BCUT2D eigenvalue weighted by Gasteiger charge is 2.35. The summed E-state index contributed by atoms with van der Waals surface area (Å²) in [4.78, 5) is 7.41. The molecule has 1 saturated carbocycles. The van der Waals surface area contributed by atoms with Crippen LogP contribution in [0.25, 0.3) is 0 Å². The largest absolute Gasteiger partial charge is 0.334 e. The van der Waals surface area contributed by atoms with Gasteiger partial charge in [-0.1, -0.05) is 19.1 Å². The lowest BCUT2D eigenvalue weighted by Crippen LogP contribution is -1.93. The van der Waals surface area contributed by atoms with Crippen LogP contribution >= 0.6 is 28.1 Å². The van der Waals surface area contributed by atoms with Crippen molar-refractivity contribution in [3.8, 4) is 0 Å². The highest BCUT2D eigenvalue weighted by Crippen LogP contribution is 2.45. The first-order chi connectivity index (χ1) is 5.68. The Kier molecular flexibility index (Phi) is 2.04. The molecule has 2 nitrogen and oxygen atoms in total. The van der Waals surface area contributed by atoms with Gasteiger partial charge in [-0.05, 0) is 28.3 Å². The summed E-state index contributed by atoms with van der Waals surface area (Å²) >= 11 is 8.40. The van der Waals surface area contributed by atoms with Gasteiger partial charge < -0.3 is 4.98 Å². The van der Waals surface area contributed by atoms with Gasteiger partial charge in [-0.3, -0.25) is 0 Å². The van der Waals surface area contributed by atoms with Crippen molar-refractivity contribution in [1.82, 2.24) is 9.97 Å². The fraction of sp³-hybridized carbons (Fsp3) is 0.500. The molecule has 2 unspecified atom stereocenters. The topological polar surface area (TPSA) is 28.7 Å². The second-order valence-electron chi connectivity index (χ2n) is 3.26. The van der Waals surface area contributed by atoms with Gasteiger partial charge in [0, 0.05) is 12.1 Å². The Bertz CT molecular complexity index is 360. The molecule has 1 aromatic heterocycles. The smallest absolute Gasteiger partial charge is 0.120 e. The number of rotatable bonds is 1. The molecule has 0 amide bonds. The van der Waals surface area contributed by atoms with E-state index in [1.807, 2.05) is 0 Å². The van der Waals surface area contributed by atoms with E-state index in [0.29, 0.717) is 5.92 Å². The van der Waals surface area contributed by atoms with Crippen LogP contribution in [0.15, 0.2) is 10.7 Å². The molecule has 1 heterocycles. The van der Waals surface area contributed by atoms with E-state index in [4.69, 9.17) is 12.2 Å². The molecule has 2 rings (SSSR count). The molecule has 0 aliphatic heterocycles. The standard InChI is InChI=1S/C8H9BrN2S/c1-4-2-5(4)7-10-3-6(9)8(12)11-7/h3-5H,2H2,1H3,(H,10,11,12). The number of hydrogen-bond donors (Lipinski definition) is 1. The van der Waals surface area contributed by atoms with E-state index in [1.54, 1.807) is 6.20 Å². The number of aromatic amines is 1. The average Bonchev–Trinajstić information content (AvgIpc) is 2.73. The summed E-state index contributed by atoms with van der Waals surface area (Å²) < 4.78 is 1.62. The minimum atomic E-state index is 0.611. The van der Waals surface area contributed by atoms with E-state index in [1.165, 1.54) is 6.42 Å². The summed E-state index contributed by atoms with van der Waals surface area (Å²) in [5.41, 5.74) is 0. The Labute approximate surface area is 84.6 Å². The van der Waals surface area contributed by atoms with Gasteiger partial charge in [0.25, 0.3) is 0 Å². The zero-order chi connectivity index (χ0) is 8.72. The number of halogens is 1. The third-order valence-corrected chi connectivity index (χ3v) is 3.42. The Balaban J connectivity index is 2.36. The fourth-order valence-corrected chi connectivity index (χ4v) is 1.64. The van der Waals surface area contributed by atoms with Gasteiger partial charge >= 0.3 is 0 Å². The molecule has 1 aliphatic rings. The van der Waals surface area contributed by atoms with E-state index in [2.05, 4.69) is 32.8 Å². The lowest BCUT2D eigenvalue weighted by atomic mass is 10.3. The summed E-state index contributed by atoms with van der Waals surface area (Å²) in [5, 5.41) is 0. The molecule has 0 radical (unpaired) electrons. The minimum Gasteiger partial charge on any atom is -0.334 e. The molecular formula is C8H9BrN2S. The van der Waals surface area contributed by atoms with Crippen LogP contribution in [0, 0.1) is 10.6 Å². The molecule has 1 aromatic rings. The molecule has 64 valence electrons. The molecule has 0 aromatic carbocycles. The van der Waals surface area contributed by atoms with Crippen molar-refractivity contribution in [2.45, 2.75) is 19.3 Å². The summed E-state index contributed by atoms with van der Waals surface area (Å²) in [6.07, 6.45) is 3.01. The maximum Gasteiger partial charge on any atom is 0.120 e. The van der Waals surface area contributed by atoms with Crippen LogP contribution in [0.1, 0.15) is 25.1 Å². The molecule has 4 heteroatoms. The maximum absolute atomic E-state index is 5.08. The zero-order valence-electron chi connectivity index (χ0n) is 6.67. The normalized spacial score (nSPS) is 27.2. The van der Waals surface area contributed by atoms with Gasteiger partial charge in [-0.2, -0.15) is 0 Å². The Hall–Kier alpha value is -0.220. The molecule has 0 spiro atoms. The molecule has 0 saturated heterocycles. The predicted molar refractivity (Wildman–Crippen MR) is 53.6 cm³/mol. The SMILES string of the molecule is CC1CC1c1ncc(Br)c(=S)[nH]1. The van der Waals surface area contributed by atoms with Crippen molar-refractivity contribution in [2.75, 3.05) is 0 Å². The average molecular weight is 245 g/mol. The van der Waals surface area contributed by atoms with Crippen LogP contribution in [0.3, 0.4) is 0 Å². The number of nitrogens with zero attached hydrogens (tertiary/aromatic N) is 1. The molecule has 1 fully saturated rings. The van der Waals surface area contributed by atoms with Crippen LogP contribution in [0.5, 0.6) is 0 Å². The van der Waals surface area contributed by atoms with E-state index in [-0.39, 0.29) is 0 Å². The highest BCUT2D eigenvalue weighted by molar-refractivity contribution is 9.10. The maximum atomic E-state index is 5.08. The van der Waals surface area contributed by atoms with Gasteiger partial charge in [0.1, 0.15) is 10.5 Å². The van der Waals surface area contributed by atoms with E-state index < -0.39 is 0 Å². The molecular weight excluding hydrogens is 236 g/mol. The van der Waals surface area contributed by atoms with Crippen molar-refractivity contribution >= 4 is 28.1 Å². The van der Waals surface area contributed by atoms with Crippen molar-refractivity contribution < 1.29 is 0 Å². The number of hydrogen-bond acceptors (Lipinski definition) is 2. The Morgan fingerprint density at radius 3 is 2.92 bits per heavy atom. The minimum absolute atomic E-state index is 0.611. The monoisotopic (exact) mass is 244 g/mol. The van der Waals surface area contributed by atoms with Crippen LogP contribution in [-0.4, -0.2) is 9.97 Å². The Morgan fingerprint density at radius 1 is 1.75 bits per heavy atom. The first-order valence-electron chi connectivity index (χ1n) is 3.93. The van der Waals surface area contributed by atoms with Crippen molar-refractivity contribution in [1.29, 1.82) is 0 Å². The molecule has 1 N–H and O–H groups in total. The zero-order valence-corrected chi connectivity index (χ0v) is 9.08. The number of H-pyrrole nitrogens is 1. The Morgan fingerprint density at radius 2 is 2.42 bits per heavy atom. The summed E-state index contributed by atoms with van der Waals surface area (Å²) in [6, 6.07) is 0. The summed E-state index contributed by atoms with van der Waals surface area (Å²) in [5.74, 6) is 2.42. The van der Waals surface area contributed by atoms with E-state index in [0.717, 1.165) is 20.9 Å². The quantitative estimate of drug-likeness (QED) is 0.770. The summed E-state index contributed by atoms with van der Waals surface area (Å²) in [7, 11) is 0. The lowest BCUT2D eigenvalue weighted by Gasteiger charge is -1.98. The molecule has 2 atom stereocenters. The van der Waals surface area contributed by atoms with Gasteiger partial charge in [0.05, 0.1) is 4.47 Å². The second-order valence-corrected chi connectivity index (χ2v) is 4.53. The van der Waals surface area contributed by atoms with Gasteiger partial charge in [-0.15, -0.1) is 0 Å². The molecule has 0 bridgehead atoms. The second kappa shape index (κ2) is 2.92. The van der Waals surface area contributed by atoms with Gasteiger partial charge in [-0.25, -0.2) is 4.98 Å². The van der Waals surface area contributed by atoms with Crippen LogP contribution in [-0.2, 0) is 0 Å². The van der Waals surface area contributed by atoms with Gasteiger partial charge in [0.2, 0.25) is 0 Å². The highest BCUT2D eigenvalue weighted by atomic mass is 79.9. The lowest BCUT2D eigenvalue weighted by molar-refractivity contribution is 0.836. The van der Waals surface area contributed by atoms with Crippen molar-refractivity contribution in [3.63, 3.8) is 0 Å². The number of aromatic nitrogens is 2. The summed E-state index contributed by atoms with van der Waals surface area (Å²) in [6.45, 7) is 2.23.